The molecular weight excluding hydrogens is 276 g/mol. The Morgan fingerprint density at radius 2 is 1.82 bits per heavy atom. The first kappa shape index (κ1) is 12.8. The maximum Gasteiger partial charge on any atom is 0.182 e. The number of aryl methyl sites for hydroxylation is 2. The molecule has 0 aliphatic heterocycles. The monoisotopic (exact) mass is 292 g/mol. The number of nitrogens with one attached hydrogen (secondary N) is 2. The molecule has 0 aliphatic carbocycles. The van der Waals surface area contributed by atoms with Gasteiger partial charge in [-0.05, 0) is 37.1 Å². The molecule has 0 atom stereocenters. The van der Waals surface area contributed by atoms with E-state index in [2.05, 4.69) is 23.0 Å². The molecule has 22 heavy (non-hydrogen) atoms. The second kappa shape index (κ2) is 4.31. The Kier molecular flexibility index (Phi) is 2.51. The number of aromatic hydroxyl groups is 2. The van der Waals surface area contributed by atoms with Crippen LogP contribution >= 0.6 is 0 Å². The third-order valence-electron chi connectivity index (χ3n) is 4.34. The zero-order valence-corrected chi connectivity index (χ0v) is 12.4. The van der Waals surface area contributed by atoms with E-state index in [0.717, 1.165) is 38.7 Å². The molecule has 0 saturated carbocycles. The van der Waals surface area contributed by atoms with E-state index in [1.165, 1.54) is 0 Å². The van der Waals surface area contributed by atoms with Crippen LogP contribution in [0.1, 0.15) is 11.1 Å². The molecular formula is C18H16N2O2. The van der Waals surface area contributed by atoms with Crippen molar-refractivity contribution in [2.45, 2.75) is 13.8 Å². The lowest BCUT2D eigenvalue weighted by atomic mass is 10.00. The Bertz CT molecular complexity index is 1020. The van der Waals surface area contributed by atoms with Gasteiger partial charge in [0.15, 0.2) is 11.5 Å². The molecule has 0 spiro atoms. The first-order valence-electron chi connectivity index (χ1n) is 7.18. The predicted octanol–water partition coefficient (Wildman–Crippen LogP) is 4.34. The van der Waals surface area contributed by atoms with Crippen LogP contribution < -0.4 is 0 Å². The first-order chi connectivity index (χ1) is 10.6. The predicted molar refractivity (Wildman–Crippen MR) is 88.4 cm³/mol. The van der Waals surface area contributed by atoms with Gasteiger partial charge in [-0.3, -0.25) is 0 Å². The van der Waals surface area contributed by atoms with Crippen molar-refractivity contribution >= 4 is 21.8 Å². The number of phenols is 2. The van der Waals surface area contributed by atoms with Gasteiger partial charge in [0.25, 0.3) is 0 Å². The van der Waals surface area contributed by atoms with Gasteiger partial charge in [0.2, 0.25) is 0 Å². The Balaban J connectivity index is 2.14. The summed E-state index contributed by atoms with van der Waals surface area (Å²) in [5.41, 5.74) is 5.62. The molecule has 2 aromatic heterocycles. The highest BCUT2D eigenvalue weighted by Crippen LogP contribution is 2.43. The number of fused-ring (bicyclic) bond motifs is 2. The average molecular weight is 292 g/mol. The lowest BCUT2D eigenvalue weighted by molar-refractivity contribution is 0.407. The maximum atomic E-state index is 10.1. The van der Waals surface area contributed by atoms with E-state index >= 15 is 0 Å². The fourth-order valence-corrected chi connectivity index (χ4v) is 3.21. The van der Waals surface area contributed by atoms with Crippen molar-refractivity contribution in [1.29, 1.82) is 0 Å². The van der Waals surface area contributed by atoms with Crippen molar-refractivity contribution in [2.24, 2.45) is 0 Å². The molecule has 0 fully saturated rings. The number of aromatic amines is 2. The number of H-pyrrole nitrogens is 2. The van der Waals surface area contributed by atoms with Gasteiger partial charge in [-0.2, -0.15) is 0 Å². The molecule has 4 nitrogen and oxygen atoms in total. The minimum atomic E-state index is -0.123. The summed E-state index contributed by atoms with van der Waals surface area (Å²) in [7, 11) is 0. The molecule has 0 saturated heterocycles. The van der Waals surface area contributed by atoms with E-state index in [0.29, 0.717) is 5.52 Å². The van der Waals surface area contributed by atoms with Crippen molar-refractivity contribution < 1.29 is 10.2 Å². The van der Waals surface area contributed by atoms with Gasteiger partial charge >= 0.3 is 0 Å². The van der Waals surface area contributed by atoms with Crippen molar-refractivity contribution in [3.8, 4) is 22.8 Å². The number of aromatic nitrogens is 2. The second-order valence-corrected chi connectivity index (χ2v) is 5.68. The lowest BCUT2D eigenvalue weighted by Gasteiger charge is -2.08. The van der Waals surface area contributed by atoms with Gasteiger partial charge in [0.1, 0.15) is 0 Å². The SMILES string of the molecule is Cc1c(-c2cc(O)c(O)c3[nH]cc(C)c23)[nH]c2ccccc12. The summed E-state index contributed by atoms with van der Waals surface area (Å²) < 4.78 is 0. The van der Waals surface area contributed by atoms with Crippen molar-refractivity contribution in [3.63, 3.8) is 0 Å². The molecule has 0 aliphatic rings. The number of benzene rings is 2. The molecule has 4 heteroatoms. The van der Waals surface area contributed by atoms with Crippen molar-refractivity contribution in [3.05, 3.63) is 47.7 Å². The fourth-order valence-electron chi connectivity index (χ4n) is 3.21. The summed E-state index contributed by atoms with van der Waals surface area (Å²) in [4.78, 5) is 6.47. The van der Waals surface area contributed by atoms with Crippen LogP contribution in [0.15, 0.2) is 36.5 Å². The van der Waals surface area contributed by atoms with E-state index in [4.69, 9.17) is 0 Å². The topological polar surface area (TPSA) is 72.0 Å². The molecule has 2 heterocycles. The highest BCUT2D eigenvalue weighted by molar-refractivity contribution is 6.04. The number of hydrogen-bond acceptors (Lipinski definition) is 2. The van der Waals surface area contributed by atoms with Gasteiger partial charge in [0, 0.05) is 28.0 Å². The van der Waals surface area contributed by atoms with Gasteiger partial charge in [-0.15, -0.1) is 0 Å². The van der Waals surface area contributed by atoms with Crippen LogP contribution in [-0.4, -0.2) is 20.2 Å². The van der Waals surface area contributed by atoms with E-state index in [9.17, 15) is 10.2 Å². The Hall–Kier alpha value is -2.88. The molecule has 2 aromatic carbocycles. The summed E-state index contributed by atoms with van der Waals surface area (Å²) in [5.74, 6) is -0.233. The van der Waals surface area contributed by atoms with Crippen LogP contribution in [0.25, 0.3) is 33.1 Å². The van der Waals surface area contributed by atoms with Gasteiger partial charge in [0.05, 0.1) is 11.2 Å². The van der Waals surface area contributed by atoms with Crippen LogP contribution in [0, 0.1) is 13.8 Å². The highest BCUT2D eigenvalue weighted by Gasteiger charge is 2.18. The van der Waals surface area contributed by atoms with Crippen LogP contribution in [0.4, 0.5) is 0 Å². The number of rotatable bonds is 1. The molecule has 0 amide bonds. The minimum Gasteiger partial charge on any atom is -0.504 e. The van der Waals surface area contributed by atoms with Crippen molar-refractivity contribution in [1.82, 2.24) is 9.97 Å². The van der Waals surface area contributed by atoms with Gasteiger partial charge in [-0.25, -0.2) is 0 Å². The van der Waals surface area contributed by atoms with Crippen LogP contribution in [-0.2, 0) is 0 Å². The molecule has 4 N–H and O–H groups in total. The Morgan fingerprint density at radius 1 is 1.05 bits per heavy atom. The van der Waals surface area contributed by atoms with Crippen LogP contribution in [0.2, 0.25) is 0 Å². The summed E-state index contributed by atoms with van der Waals surface area (Å²) in [5, 5.41) is 22.2. The van der Waals surface area contributed by atoms with Crippen molar-refractivity contribution in [2.75, 3.05) is 0 Å². The highest BCUT2D eigenvalue weighted by atomic mass is 16.3. The number of para-hydroxylation sites is 1. The fraction of sp³-hybridized carbons (Fsp3) is 0.111. The second-order valence-electron chi connectivity index (χ2n) is 5.68. The normalized spacial score (nSPS) is 11.5. The summed E-state index contributed by atoms with van der Waals surface area (Å²) >= 11 is 0. The summed E-state index contributed by atoms with van der Waals surface area (Å²) in [6.45, 7) is 4.04. The molecule has 0 bridgehead atoms. The maximum absolute atomic E-state index is 10.1. The molecule has 0 unspecified atom stereocenters. The zero-order valence-electron chi connectivity index (χ0n) is 12.4. The largest absolute Gasteiger partial charge is 0.504 e. The molecule has 4 aromatic rings. The number of phenolic OH excluding ortho intramolecular Hbond substituents is 2. The zero-order chi connectivity index (χ0) is 15.4. The van der Waals surface area contributed by atoms with E-state index in [1.807, 2.05) is 31.3 Å². The third kappa shape index (κ3) is 1.58. The average Bonchev–Trinajstić information content (AvgIpc) is 3.05. The Labute approximate surface area is 127 Å². The summed E-state index contributed by atoms with van der Waals surface area (Å²) in [6, 6.07) is 9.74. The third-order valence-corrected chi connectivity index (χ3v) is 4.34. The molecule has 110 valence electrons. The van der Waals surface area contributed by atoms with E-state index in [1.54, 1.807) is 6.07 Å². The number of hydrogen-bond donors (Lipinski definition) is 4. The quantitative estimate of drug-likeness (QED) is 0.394. The van der Waals surface area contributed by atoms with E-state index < -0.39 is 0 Å². The molecule has 0 radical (unpaired) electrons. The lowest BCUT2D eigenvalue weighted by Crippen LogP contribution is -1.85. The van der Waals surface area contributed by atoms with E-state index in [-0.39, 0.29) is 11.5 Å². The van der Waals surface area contributed by atoms with Crippen LogP contribution in [0.5, 0.6) is 11.5 Å². The van der Waals surface area contributed by atoms with Gasteiger partial charge < -0.3 is 20.2 Å². The summed E-state index contributed by atoms with van der Waals surface area (Å²) in [6.07, 6.45) is 1.84. The van der Waals surface area contributed by atoms with Crippen LogP contribution in [0.3, 0.4) is 0 Å². The Morgan fingerprint density at radius 3 is 2.59 bits per heavy atom. The standard InChI is InChI=1S/C18H16N2O2/c1-9-8-19-17-15(9)12(7-14(21)18(17)22)16-10(2)11-5-3-4-6-13(11)20-16/h3-8,19-22H,1-2H3. The smallest absolute Gasteiger partial charge is 0.182 e. The molecule has 4 rings (SSSR count). The van der Waals surface area contributed by atoms with Gasteiger partial charge in [-0.1, -0.05) is 18.2 Å². The minimum absolute atomic E-state index is 0.111. The first-order valence-corrected chi connectivity index (χ1v) is 7.18.